The van der Waals surface area contributed by atoms with Crippen LogP contribution in [0.5, 0.6) is 0 Å². The van der Waals surface area contributed by atoms with E-state index in [2.05, 4.69) is 5.32 Å². The van der Waals surface area contributed by atoms with Crippen LogP contribution >= 0.6 is 0 Å². The summed E-state index contributed by atoms with van der Waals surface area (Å²) in [6.45, 7) is 1.65. The first-order valence-electron chi connectivity index (χ1n) is 6.71. The molecule has 1 amide bonds. The molecule has 0 spiro atoms. The average Bonchev–Trinajstić information content (AvgIpc) is 2.31. The van der Waals surface area contributed by atoms with E-state index in [1.165, 1.54) is 32.1 Å². The first-order chi connectivity index (χ1) is 7.84. The summed E-state index contributed by atoms with van der Waals surface area (Å²) in [5.41, 5.74) is 0. The Morgan fingerprint density at radius 3 is 2.62 bits per heavy atom. The molecule has 2 rings (SSSR count). The molecule has 0 bridgehead atoms. The SMILES string of the molecule is O=C(CC1CCCOC1)NC1CCCCC1. The fourth-order valence-electron chi connectivity index (χ4n) is 2.76. The van der Waals surface area contributed by atoms with Gasteiger partial charge in [0.1, 0.15) is 0 Å². The smallest absolute Gasteiger partial charge is 0.220 e. The molecule has 92 valence electrons. The summed E-state index contributed by atoms with van der Waals surface area (Å²) >= 11 is 0. The van der Waals surface area contributed by atoms with Crippen LogP contribution in [0.1, 0.15) is 51.4 Å². The fourth-order valence-corrected chi connectivity index (χ4v) is 2.76. The molecule has 0 aromatic heterocycles. The number of carbonyl (C=O) groups is 1. The lowest BCUT2D eigenvalue weighted by molar-refractivity contribution is -0.124. The highest BCUT2D eigenvalue weighted by Gasteiger charge is 2.20. The van der Waals surface area contributed by atoms with Crippen LogP contribution in [-0.4, -0.2) is 25.2 Å². The van der Waals surface area contributed by atoms with Crippen molar-refractivity contribution >= 4 is 5.91 Å². The lowest BCUT2D eigenvalue weighted by Gasteiger charge is -2.25. The van der Waals surface area contributed by atoms with Gasteiger partial charge in [-0.05, 0) is 31.6 Å². The minimum atomic E-state index is 0.238. The molecular formula is C13H23NO2. The third-order valence-electron chi connectivity index (χ3n) is 3.70. The fraction of sp³-hybridized carbons (Fsp3) is 0.923. The number of hydrogen-bond acceptors (Lipinski definition) is 2. The Labute approximate surface area is 97.9 Å². The Balaban J connectivity index is 1.66. The largest absolute Gasteiger partial charge is 0.381 e. The van der Waals surface area contributed by atoms with E-state index < -0.39 is 0 Å². The second-order valence-electron chi connectivity index (χ2n) is 5.19. The van der Waals surface area contributed by atoms with Crippen LogP contribution in [0.2, 0.25) is 0 Å². The zero-order valence-corrected chi connectivity index (χ0v) is 10.0. The lowest BCUT2D eigenvalue weighted by atomic mass is 9.94. The van der Waals surface area contributed by atoms with E-state index >= 15 is 0 Å². The van der Waals surface area contributed by atoms with Crippen molar-refractivity contribution in [3.63, 3.8) is 0 Å². The van der Waals surface area contributed by atoms with Crippen LogP contribution in [0.25, 0.3) is 0 Å². The van der Waals surface area contributed by atoms with Gasteiger partial charge in [-0.2, -0.15) is 0 Å². The monoisotopic (exact) mass is 225 g/mol. The van der Waals surface area contributed by atoms with Gasteiger partial charge in [0.2, 0.25) is 5.91 Å². The Kier molecular flexibility index (Phi) is 4.64. The molecule has 2 fully saturated rings. The number of carbonyl (C=O) groups excluding carboxylic acids is 1. The van der Waals surface area contributed by atoms with Crippen LogP contribution in [0.3, 0.4) is 0 Å². The summed E-state index contributed by atoms with van der Waals surface area (Å²) in [5, 5.41) is 3.17. The second kappa shape index (κ2) is 6.24. The molecule has 0 radical (unpaired) electrons. The summed E-state index contributed by atoms with van der Waals surface area (Å²) in [5.74, 6) is 0.694. The number of amides is 1. The van der Waals surface area contributed by atoms with Crippen molar-refractivity contribution in [1.82, 2.24) is 5.32 Å². The molecule has 0 aromatic rings. The first-order valence-corrected chi connectivity index (χ1v) is 6.71. The number of nitrogens with one attached hydrogen (secondary N) is 1. The molecule has 1 aliphatic carbocycles. The highest BCUT2D eigenvalue weighted by Crippen LogP contribution is 2.19. The van der Waals surface area contributed by atoms with E-state index in [-0.39, 0.29) is 5.91 Å². The van der Waals surface area contributed by atoms with Crippen molar-refractivity contribution in [3.05, 3.63) is 0 Å². The molecule has 3 heteroatoms. The second-order valence-corrected chi connectivity index (χ2v) is 5.19. The molecule has 1 heterocycles. The van der Waals surface area contributed by atoms with Crippen LogP contribution < -0.4 is 5.32 Å². The zero-order valence-electron chi connectivity index (χ0n) is 10.0. The van der Waals surface area contributed by atoms with Crippen molar-refractivity contribution in [1.29, 1.82) is 0 Å². The summed E-state index contributed by atoms with van der Waals surface area (Å²) in [4.78, 5) is 11.8. The molecule has 1 aliphatic heterocycles. The molecule has 16 heavy (non-hydrogen) atoms. The van der Waals surface area contributed by atoms with Crippen molar-refractivity contribution in [3.8, 4) is 0 Å². The van der Waals surface area contributed by atoms with E-state index in [1.807, 2.05) is 0 Å². The molecule has 3 nitrogen and oxygen atoms in total. The summed E-state index contributed by atoms with van der Waals surface area (Å²) in [7, 11) is 0. The van der Waals surface area contributed by atoms with Gasteiger partial charge in [0.25, 0.3) is 0 Å². The molecular weight excluding hydrogens is 202 g/mol. The van der Waals surface area contributed by atoms with Gasteiger partial charge >= 0.3 is 0 Å². The number of ether oxygens (including phenoxy) is 1. The number of rotatable bonds is 3. The molecule has 0 aromatic carbocycles. The van der Waals surface area contributed by atoms with Gasteiger partial charge in [-0.3, -0.25) is 4.79 Å². The van der Waals surface area contributed by atoms with Gasteiger partial charge in [0.15, 0.2) is 0 Å². The quantitative estimate of drug-likeness (QED) is 0.800. The minimum Gasteiger partial charge on any atom is -0.381 e. The van der Waals surface area contributed by atoms with Crippen molar-refractivity contribution in [2.45, 2.75) is 57.4 Å². The summed E-state index contributed by atoms with van der Waals surface area (Å²) in [6.07, 6.45) is 9.16. The molecule has 1 saturated heterocycles. The van der Waals surface area contributed by atoms with Gasteiger partial charge in [-0.15, -0.1) is 0 Å². The standard InChI is InChI=1S/C13H23NO2/c15-13(9-11-5-4-8-16-10-11)14-12-6-2-1-3-7-12/h11-12H,1-10H2,(H,14,15). The minimum absolute atomic E-state index is 0.238. The van der Waals surface area contributed by atoms with E-state index in [4.69, 9.17) is 4.74 Å². The third-order valence-corrected chi connectivity index (χ3v) is 3.70. The van der Waals surface area contributed by atoms with Crippen molar-refractivity contribution < 1.29 is 9.53 Å². The van der Waals surface area contributed by atoms with Gasteiger partial charge in [0.05, 0.1) is 0 Å². The molecule has 1 saturated carbocycles. The Morgan fingerprint density at radius 1 is 1.12 bits per heavy atom. The van der Waals surface area contributed by atoms with Crippen LogP contribution in [0, 0.1) is 5.92 Å². The Bertz CT molecular complexity index is 196. The lowest BCUT2D eigenvalue weighted by Crippen LogP contribution is -2.37. The first kappa shape index (κ1) is 11.9. The molecule has 2 aliphatic rings. The maximum absolute atomic E-state index is 11.8. The predicted molar refractivity (Wildman–Crippen MR) is 63.2 cm³/mol. The summed E-state index contributed by atoms with van der Waals surface area (Å²) in [6, 6.07) is 0.450. The maximum Gasteiger partial charge on any atom is 0.220 e. The zero-order chi connectivity index (χ0) is 11.2. The maximum atomic E-state index is 11.8. The van der Waals surface area contributed by atoms with Crippen LogP contribution in [-0.2, 0) is 9.53 Å². The normalized spacial score (nSPS) is 27.6. The van der Waals surface area contributed by atoms with Gasteiger partial charge < -0.3 is 10.1 Å². The third kappa shape index (κ3) is 3.78. The van der Waals surface area contributed by atoms with Gasteiger partial charge in [-0.1, -0.05) is 19.3 Å². The Morgan fingerprint density at radius 2 is 1.94 bits per heavy atom. The Hall–Kier alpha value is -0.570. The molecule has 1 atom stereocenters. The number of hydrogen-bond donors (Lipinski definition) is 1. The highest BCUT2D eigenvalue weighted by atomic mass is 16.5. The topological polar surface area (TPSA) is 38.3 Å². The molecule has 1 unspecified atom stereocenters. The van der Waals surface area contributed by atoms with E-state index in [0.29, 0.717) is 18.4 Å². The van der Waals surface area contributed by atoms with Crippen LogP contribution in [0.4, 0.5) is 0 Å². The van der Waals surface area contributed by atoms with Crippen molar-refractivity contribution in [2.24, 2.45) is 5.92 Å². The summed E-state index contributed by atoms with van der Waals surface area (Å²) < 4.78 is 5.39. The average molecular weight is 225 g/mol. The van der Waals surface area contributed by atoms with Gasteiger partial charge in [0, 0.05) is 25.7 Å². The van der Waals surface area contributed by atoms with E-state index in [0.717, 1.165) is 26.1 Å². The van der Waals surface area contributed by atoms with E-state index in [1.54, 1.807) is 0 Å². The van der Waals surface area contributed by atoms with Crippen LogP contribution in [0.15, 0.2) is 0 Å². The predicted octanol–water partition coefficient (Wildman–Crippen LogP) is 2.25. The van der Waals surface area contributed by atoms with Gasteiger partial charge in [-0.25, -0.2) is 0 Å². The van der Waals surface area contributed by atoms with Crippen molar-refractivity contribution in [2.75, 3.05) is 13.2 Å². The van der Waals surface area contributed by atoms with E-state index in [9.17, 15) is 4.79 Å². The highest BCUT2D eigenvalue weighted by molar-refractivity contribution is 5.76. The molecule has 1 N–H and O–H groups in total.